The van der Waals surface area contributed by atoms with E-state index in [1.165, 1.54) is 12.1 Å². The van der Waals surface area contributed by atoms with Gasteiger partial charge in [-0.3, -0.25) is 0 Å². The van der Waals surface area contributed by atoms with Crippen molar-refractivity contribution < 1.29 is 22.3 Å². The second-order valence-corrected chi connectivity index (χ2v) is 7.43. The SMILES string of the molecule is O=C(NCCNS(=O)(=O)c1ccc(F)c(Br)c1)N1CCOCC1. The Labute approximate surface area is 142 Å². The molecule has 2 amide bonds. The third-order valence-electron chi connectivity index (χ3n) is 3.19. The van der Waals surface area contributed by atoms with Crippen LogP contribution in [0.1, 0.15) is 0 Å². The minimum atomic E-state index is -3.75. The molecule has 2 rings (SSSR count). The number of carbonyl (C=O) groups excluding carboxylic acids is 1. The lowest BCUT2D eigenvalue weighted by molar-refractivity contribution is 0.0533. The zero-order valence-corrected chi connectivity index (χ0v) is 14.6. The molecule has 0 aromatic heterocycles. The normalized spacial score (nSPS) is 15.5. The number of sulfonamides is 1. The fourth-order valence-electron chi connectivity index (χ4n) is 1.96. The van der Waals surface area contributed by atoms with Crippen LogP contribution in [0.5, 0.6) is 0 Å². The van der Waals surface area contributed by atoms with E-state index in [4.69, 9.17) is 4.74 Å². The van der Waals surface area contributed by atoms with E-state index in [1.807, 2.05) is 0 Å². The molecule has 0 spiro atoms. The van der Waals surface area contributed by atoms with Crippen LogP contribution in [0.25, 0.3) is 0 Å². The van der Waals surface area contributed by atoms with E-state index >= 15 is 0 Å². The summed E-state index contributed by atoms with van der Waals surface area (Å²) in [5.74, 6) is -0.540. The van der Waals surface area contributed by atoms with Crippen molar-refractivity contribution in [2.75, 3.05) is 39.4 Å². The van der Waals surface area contributed by atoms with E-state index in [-0.39, 0.29) is 28.5 Å². The molecule has 0 aliphatic carbocycles. The van der Waals surface area contributed by atoms with Crippen molar-refractivity contribution in [1.29, 1.82) is 0 Å². The monoisotopic (exact) mass is 409 g/mol. The minimum absolute atomic E-state index is 0.0351. The van der Waals surface area contributed by atoms with Crippen LogP contribution in [0, 0.1) is 5.82 Å². The maximum Gasteiger partial charge on any atom is 0.317 e. The number of halogens is 2. The fraction of sp³-hybridized carbons (Fsp3) is 0.462. The van der Waals surface area contributed by atoms with Crippen molar-refractivity contribution >= 4 is 32.0 Å². The maximum absolute atomic E-state index is 13.1. The van der Waals surface area contributed by atoms with Gasteiger partial charge in [0.25, 0.3) is 0 Å². The Balaban J connectivity index is 1.80. The molecule has 0 atom stereocenters. The van der Waals surface area contributed by atoms with Gasteiger partial charge in [-0.25, -0.2) is 22.3 Å². The number of nitrogens with one attached hydrogen (secondary N) is 2. The fourth-order valence-corrected chi connectivity index (χ4v) is 3.55. The second-order valence-electron chi connectivity index (χ2n) is 4.81. The summed E-state index contributed by atoms with van der Waals surface area (Å²) < 4.78 is 44.8. The topological polar surface area (TPSA) is 87.7 Å². The quantitative estimate of drug-likeness (QED) is 0.707. The molecule has 0 saturated carbocycles. The van der Waals surface area contributed by atoms with Crippen molar-refractivity contribution in [2.45, 2.75) is 4.90 Å². The molecule has 1 aromatic carbocycles. The molecule has 1 heterocycles. The molecule has 10 heteroatoms. The van der Waals surface area contributed by atoms with Crippen LogP contribution in [0.3, 0.4) is 0 Å². The lowest BCUT2D eigenvalue weighted by Crippen LogP contribution is -2.47. The number of amides is 2. The van der Waals surface area contributed by atoms with Crippen LogP contribution in [-0.4, -0.2) is 58.7 Å². The Morgan fingerprint density at radius 3 is 2.65 bits per heavy atom. The van der Waals surface area contributed by atoms with Crippen molar-refractivity contribution in [3.63, 3.8) is 0 Å². The van der Waals surface area contributed by atoms with E-state index in [0.717, 1.165) is 6.07 Å². The van der Waals surface area contributed by atoms with Crippen molar-refractivity contribution in [2.24, 2.45) is 0 Å². The molecule has 1 aliphatic heterocycles. The Bertz CT molecular complexity index is 665. The number of urea groups is 1. The molecule has 1 fully saturated rings. The highest BCUT2D eigenvalue weighted by atomic mass is 79.9. The average molecular weight is 410 g/mol. The zero-order valence-electron chi connectivity index (χ0n) is 12.2. The Morgan fingerprint density at radius 1 is 1.30 bits per heavy atom. The number of ether oxygens (including phenoxy) is 1. The lowest BCUT2D eigenvalue weighted by atomic mass is 10.3. The van der Waals surface area contributed by atoms with Crippen LogP contribution >= 0.6 is 15.9 Å². The molecule has 0 unspecified atom stereocenters. The summed E-state index contributed by atoms with van der Waals surface area (Å²) in [5, 5.41) is 2.63. The zero-order chi connectivity index (χ0) is 16.9. The highest BCUT2D eigenvalue weighted by Gasteiger charge is 2.17. The molecule has 2 N–H and O–H groups in total. The van der Waals surface area contributed by atoms with Crippen molar-refractivity contribution in [1.82, 2.24) is 14.9 Å². The van der Waals surface area contributed by atoms with Crippen LogP contribution < -0.4 is 10.0 Å². The van der Waals surface area contributed by atoms with Gasteiger partial charge in [0.05, 0.1) is 22.6 Å². The van der Waals surface area contributed by atoms with Gasteiger partial charge in [-0.05, 0) is 34.1 Å². The second kappa shape index (κ2) is 8.04. The standard InChI is InChI=1S/C13H17BrFN3O4S/c14-11-9-10(1-2-12(11)15)23(20,21)17-4-3-16-13(19)18-5-7-22-8-6-18/h1-2,9,17H,3-8H2,(H,16,19). The van der Waals surface area contributed by atoms with E-state index in [0.29, 0.717) is 26.3 Å². The molecule has 128 valence electrons. The molecule has 1 aliphatic rings. The predicted molar refractivity (Wildman–Crippen MR) is 85.1 cm³/mol. The average Bonchev–Trinajstić information content (AvgIpc) is 2.54. The number of morpholine rings is 1. The van der Waals surface area contributed by atoms with Gasteiger partial charge < -0.3 is 15.0 Å². The van der Waals surface area contributed by atoms with Gasteiger partial charge in [0.1, 0.15) is 5.82 Å². The Hall–Kier alpha value is -1.23. The van der Waals surface area contributed by atoms with Crippen molar-refractivity contribution in [3.8, 4) is 0 Å². The van der Waals surface area contributed by atoms with E-state index in [9.17, 15) is 17.6 Å². The first-order valence-corrected chi connectivity index (χ1v) is 9.23. The highest BCUT2D eigenvalue weighted by molar-refractivity contribution is 9.10. The maximum atomic E-state index is 13.1. The largest absolute Gasteiger partial charge is 0.378 e. The molecular weight excluding hydrogens is 393 g/mol. The highest BCUT2D eigenvalue weighted by Crippen LogP contribution is 2.19. The summed E-state index contributed by atoms with van der Waals surface area (Å²) in [5.41, 5.74) is 0. The van der Waals surface area contributed by atoms with Gasteiger partial charge in [-0.2, -0.15) is 0 Å². The minimum Gasteiger partial charge on any atom is -0.378 e. The molecule has 0 radical (unpaired) electrons. The summed E-state index contributed by atoms with van der Waals surface area (Å²) in [6, 6.07) is 3.18. The molecule has 0 bridgehead atoms. The summed E-state index contributed by atoms with van der Waals surface area (Å²) >= 11 is 2.94. The Morgan fingerprint density at radius 2 is 2.00 bits per heavy atom. The van der Waals surface area contributed by atoms with Crippen LogP contribution in [0.15, 0.2) is 27.6 Å². The number of nitrogens with zero attached hydrogens (tertiary/aromatic N) is 1. The number of rotatable bonds is 5. The molecule has 1 aromatic rings. The van der Waals surface area contributed by atoms with E-state index in [1.54, 1.807) is 4.90 Å². The first-order chi connectivity index (χ1) is 10.9. The van der Waals surface area contributed by atoms with Gasteiger partial charge in [0.15, 0.2) is 0 Å². The summed E-state index contributed by atoms with van der Waals surface area (Å²) in [6.07, 6.45) is 0. The number of benzene rings is 1. The van der Waals surface area contributed by atoms with Crippen LogP contribution in [0.4, 0.5) is 9.18 Å². The first kappa shape index (κ1) is 18.1. The molecule has 7 nitrogen and oxygen atoms in total. The van der Waals surface area contributed by atoms with Gasteiger partial charge in [0, 0.05) is 26.2 Å². The summed E-state index contributed by atoms with van der Waals surface area (Å²) in [4.78, 5) is 13.4. The van der Waals surface area contributed by atoms with Gasteiger partial charge in [-0.1, -0.05) is 0 Å². The molecule has 23 heavy (non-hydrogen) atoms. The van der Waals surface area contributed by atoms with Crippen molar-refractivity contribution in [3.05, 3.63) is 28.5 Å². The molecular formula is C13H17BrFN3O4S. The predicted octanol–water partition coefficient (Wildman–Crippen LogP) is 0.908. The third kappa shape index (κ3) is 5.13. The van der Waals surface area contributed by atoms with Crippen LogP contribution in [0.2, 0.25) is 0 Å². The Kier molecular flexibility index (Phi) is 6.33. The summed E-state index contributed by atoms with van der Waals surface area (Å²) in [7, 11) is -3.75. The third-order valence-corrected chi connectivity index (χ3v) is 5.26. The van der Waals surface area contributed by atoms with E-state index < -0.39 is 15.8 Å². The summed E-state index contributed by atoms with van der Waals surface area (Å²) in [6.45, 7) is 2.21. The van der Waals surface area contributed by atoms with Gasteiger partial charge >= 0.3 is 6.03 Å². The first-order valence-electron chi connectivity index (χ1n) is 6.95. The number of carbonyl (C=O) groups is 1. The number of hydrogen-bond acceptors (Lipinski definition) is 4. The van der Waals surface area contributed by atoms with E-state index in [2.05, 4.69) is 26.0 Å². The smallest absolute Gasteiger partial charge is 0.317 e. The lowest BCUT2D eigenvalue weighted by Gasteiger charge is -2.26. The van der Waals surface area contributed by atoms with Crippen LogP contribution in [-0.2, 0) is 14.8 Å². The van der Waals surface area contributed by atoms with Gasteiger partial charge in [-0.15, -0.1) is 0 Å². The van der Waals surface area contributed by atoms with Gasteiger partial charge in [0.2, 0.25) is 10.0 Å². The number of hydrogen-bond donors (Lipinski definition) is 2. The molecule has 1 saturated heterocycles.